The van der Waals surface area contributed by atoms with E-state index in [9.17, 15) is 9.59 Å². The van der Waals surface area contributed by atoms with E-state index in [4.69, 9.17) is 0 Å². The zero-order valence-corrected chi connectivity index (χ0v) is 17.9. The molecule has 0 unspecified atom stereocenters. The fourth-order valence-electron chi connectivity index (χ4n) is 2.03. The first kappa shape index (κ1) is 21.2. The molecule has 1 aromatic carbocycles. The molecule has 6 heteroatoms. The van der Waals surface area contributed by atoms with Crippen LogP contribution in [0.1, 0.15) is 61.3 Å². The van der Waals surface area contributed by atoms with E-state index in [0.29, 0.717) is 45.0 Å². The van der Waals surface area contributed by atoms with Crippen LogP contribution in [0, 0.1) is 11.8 Å². The van der Waals surface area contributed by atoms with Crippen molar-refractivity contribution in [3.63, 3.8) is 0 Å². The largest absolute Gasteiger partial charge is 0.352 e. The van der Waals surface area contributed by atoms with Crippen LogP contribution in [0.15, 0.2) is 21.1 Å². The van der Waals surface area contributed by atoms with Crippen LogP contribution < -0.4 is 10.6 Å². The lowest BCUT2D eigenvalue weighted by atomic mass is 10.1. The van der Waals surface area contributed by atoms with Crippen molar-refractivity contribution in [1.29, 1.82) is 0 Å². The van der Waals surface area contributed by atoms with Crippen molar-refractivity contribution < 1.29 is 9.59 Å². The number of rotatable bonds is 8. The van der Waals surface area contributed by atoms with Gasteiger partial charge in [0, 0.05) is 22.0 Å². The highest BCUT2D eigenvalue weighted by atomic mass is 79.9. The summed E-state index contributed by atoms with van der Waals surface area (Å²) in [6.45, 7) is 9.74. The van der Waals surface area contributed by atoms with Gasteiger partial charge in [-0.1, -0.05) is 27.7 Å². The summed E-state index contributed by atoms with van der Waals surface area (Å²) in [5.41, 5.74) is 1.04. The molecule has 1 rings (SSSR count). The van der Waals surface area contributed by atoms with Crippen molar-refractivity contribution in [2.45, 2.75) is 40.5 Å². The van der Waals surface area contributed by atoms with E-state index in [0.717, 1.165) is 12.8 Å². The van der Waals surface area contributed by atoms with Crippen molar-refractivity contribution in [3.05, 3.63) is 32.2 Å². The van der Waals surface area contributed by atoms with Gasteiger partial charge in [0.15, 0.2) is 0 Å². The predicted octanol–water partition coefficient (Wildman–Crippen LogP) is 4.76. The van der Waals surface area contributed by atoms with Gasteiger partial charge in [-0.05, 0) is 68.7 Å². The molecule has 0 aromatic heterocycles. The molecule has 2 N–H and O–H groups in total. The molecule has 0 fully saturated rings. The van der Waals surface area contributed by atoms with Crippen LogP contribution in [0.4, 0.5) is 0 Å². The van der Waals surface area contributed by atoms with Gasteiger partial charge >= 0.3 is 0 Å². The zero-order valence-electron chi connectivity index (χ0n) is 14.7. The maximum atomic E-state index is 12.3. The molecule has 0 spiro atoms. The molecular weight excluding hydrogens is 436 g/mol. The summed E-state index contributed by atoms with van der Waals surface area (Å²) in [5, 5.41) is 5.81. The third kappa shape index (κ3) is 6.93. The molecular formula is C18H26Br2N2O2. The van der Waals surface area contributed by atoms with Crippen LogP contribution >= 0.6 is 31.9 Å². The molecule has 4 nitrogen and oxygen atoms in total. The Hall–Kier alpha value is -0.880. The fraction of sp³-hybridized carbons (Fsp3) is 0.556. The van der Waals surface area contributed by atoms with Crippen molar-refractivity contribution in [2.24, 2.45) is 11.8 Å². The Morgan fingerprint density at radius 3 is 1.46 bits per heavy atom. The maximum Gasteiger partial charge on any atom is 0.252 e. The Balaban J connectivity index is 2.78. The molecule has 24 heavy (non-hydrogen) atoms. The van der Waals surface area contributed by atoms with E-state index in [1.54, 1.807) is 12.1 Å². The second-order valence-electron chi connectivity index (χ2n) is 6.69. The van der Waals surface area contributed by atoms with E-state index in [1.807, 2.05) is 0 Å². The number of hydrogen-bond acceptors (Lipinski definition) is 2. The number of amides is 2. The molecule has 0 saturated heterocycles. The Kier molecular flexibility index (Phi) is 8.98. The van der Waals surface area contributed by atoms with E-state index in [1.165, 1.54) is 0 Å². The number of carbonyl (C=O) groups is 2. The minimum absolute atomic E-state index is 0.144. The van der Waals surface area contributed by atoms with Gasteiger partial charge in [-0.2, -0.15) is 0 Å². The van der Waals surface area contributed by atoms with E-state index in [2.05, 4.69) is 70.2 Å². The quantitative estimate of drug-likeness (QED) is 0.586. The van der Waals surface area contributed by atoms with Crippen molar-refractivity contribution >= 4 is 43.7 Å². The summed E-state index contributed by atoms with van der Waals surface area (Å²) in [6.07, 6.45) is 1.86. The second-order valence-corrected chi connectivity index (χ2v) is 8.40. The monoisotopic (exact) mass is 460 g/mol. The first-order valence-corrected chi connectivity index (χ1v) is 9.86. The lowest BCUT2D eigenvalue weighted by Crippen LogP contribution is -2.27. The lowest BCUT2D eigenvalue weighted by molar-refractivity contribution is 0.0938. The first-order chi connectivity index (χ1) is 11.2. The minimum atomic E-state index is -0.144. The van der Waals surface area contributed by atoms with Crippen LogP contribution in [0.5, 0.6) is 0 Å². The standard InChI is InChI=1S/C18H26Br2N2O2/c1-11(2)5-7-21-17(23)13-9-16(20)14(10-15(13)19)18(24)22-8-6-12(3)4/h9-12H,5-8H2,1-4H3,(H,21,23)(H,22,24). The van der Waals surface area contributed by atoms with Crippen molar-refractivity contribution in [3.8, 4) is 0 Å². The van der Waals surface area contributed by atoms with Gasteiger partial charge in [-0.25, -0.2) is 0 Å². The van der Waals surface area contributed by atoms with Crippen LogP contribution in [0.3, 0.4) is 0 Å². The normalized spacial score (nSPS) is 11.0. The van der Waals surface area contributed by atoms with Crippen LogP contribution in [-0.2, 0) is 0 Å². The Bertz CT molecular complexity index is 535. The van der Waals surface area contributed by atoms with Crippen LogP contribution in [0.2, 0.25) is 0 Å². The molecule has 0 aliphatic heterocycles. The molecule has 0 aliphatic carbocycles. The molecule has 1 aromatic rings. The highest BCUT2D eigenvalue weighted by Crippen LogP contribution is 2.26. The van der Waals surface area contributed by atoms with Gasteiger partial charge in [0.1, 0.15) is 0 Å². The van der Waals surface area contributed by atoms with Gasteiger partial charge in [0.2, 0.25) is 0 Å². The molecule has 0 atom stereocenters. The molecule has 0 saturated carbocycles. The summed E-state index contributed by atoms with van der Waals surface area (Å²) < 4.78 is 1.23. The molecule has 0 heterocycles. The summed E-state index contributed by atoms with van der Waals surface area (Å²) >= 11 is 6.80. The fourth-order valence-corrected chi connectivity index (χ4v) is 3.08. The Morgan fingerprint density at radius 2 is 1.17 bits per heavy atom. The third-order valence-electron chi connectivity index (χ3n) is 3.56. The predicted molar refractivity (Wildman–Crippen MR) is 105 cm³/mol. The average Bonchev–Trinajstić information content (AvgIpc) is 2.48. The van der Waals surface area contributed by atoms with Crippen LogP contribution in [-0.4, -0.2) is 24.9 Å². The topological polar surface area (TPSA) is 58.2 Å². The van der Waals surface area contributed by atoms with Crippen molar-refractivity contribution in [2.75, 3.05) is 13.1 Å². The van der Waals surface area contributed by atoms with Gasteiger partial charge < -0.3 is 10.6 Å². The number of hydrogen-bond donors (Lipinski definition) is 2. The number of benzene rings is 1. The summed E-state index contributed by atoms with van der Waals surface area (Å²) in [5.74, 6) is 0.791. The maximum absolute atomic E-state index is 12.3. The molecule has 134 valence electrons. The zero-order chi connectivity index (χ0) is 18.3. The third-order valence-corrected chi connectivity index (χ3v) is 4.87. The first-order valence-electron chi connectivity index (χ1n) is 8.27. The Morgan fingerprint density at radius 1 is 0.833 bits per heavy atom. The summed E-state index contributed by atoms with van der Waals surface area (Å²) in [4.78, 5) is 24.5. The number of carbonyl (C=O) groups excluding carboxylic acids is 2. The number of nitrogens with one attached hydrogen (secondary N) is 2. The highest BCUT2D eigenvalue weighted by molar-refractivity contribution is 9.11. The van der Waals surface area contributed by atoms with Gasteiger partial charge in [0.05, 0.1) is 11.1 Å². The molecule has 2 amide bonds. The van der Waals surface area contributed by atoms with Crippen LogP contribution in [0.25, 0.3) is 0 Å². The van der Waals surface area contributed by atoms with Gasteiger partial charge in [0.25, 0.3) is 11.8 Å². The number of halogens is 2. The van der Waals surface area contributed by atoms with E-state index >= 15 is 0 Å². The van der Waals surface area contributed by atoms with Gasteiger partial charge in [-0.15, -0.1) is 0 Å². The second kappa shape index (κ2) is 10.2. The van der Waals surface area contributed by atoms with E-state index in [-0.39, 0.29) is 11.8 Å². The van der Waals surface area contributed by atoms with Gasteiger partial charge in [-0.3, -0.25) is 9.59 Å². The average molecular weight is 462 g/mol. The summed E-state index contributed by atoms with van der Waals surface area (Å²) in [6, 6.07) is 3.37. The molecule has 0 radical (unpaired) electrons. The Labute approximate surface area is 161 Å². The SMILES string of the molecule is CC(C)CCNC(=O)c1cc(Br)c(C(=O)NCCC(C)C)cc1Br. The molecule has 0 bridgehead atoms. The lowest BCUT2D eigenvalue weighted by Gasteiger charge is -2.12. The summed E-state index contributed by atoms with van der Waals surface area (Å²) in [7, 11) is 0. The smallest absolute Gasteiger partial charge is 0.252 e. The minimum Gasteiger partial charge on any atom is -0.352 e. The van der Waals surface area contributed by atoms with Crippen molar-refractivity contribution in [1.82, 2.24) is 10.6 Å². The highest BCUT2D eigenvalue weighted by Gasteiger charge is 2.17. The molecule has 0 aliphatic rings. The van der Waals surface area contributed by atoms with E-state index < -0.39 is 0 Å².